The zero-order valence-electron chi connectivity index (χ0n) is 14.2. The first-order valence-corrected chi connectivity index (χ1v) is 7.15. The van der Waals surface area contributed by atoms with Crippen molar-refractivity contribution in [3.8, 4) is 0 Å². The van der Waals surface area contributed by atoms with Gasteiger partial charge in [0.05, 0.1) is 0 Å². The molecular formula is C13H24Cu2N5O7+. The third kappa shape index (κ3) is 18.8. The molecule has 5 N–H and O–H groups in total. The number of allylic oxidation sites excluding steroid dienone is 2. The van der Waals surface area contributed by atoms with Crippen LogP contribution in [0.15, 0.2) is 36.7 Å². The van der Waals surface area contributed by atoms with Gasteiger partial charge in [-0.1, -0.05) is 49.4 Å². The molecule has 14 heteroatoms. The summed E-state index contributed by atoms with van der Waals surface area (Å²) in [7, 11) is 0. The molecule has 2 aliphatic rings. The van der Waals surface area contributed by atoms with E-state index in [1.54, 1.807) is 0 Å². The zero-order valence-corrected chi connectivity index (χ0v) is 16.1. The van der Waals surface area contributed by atoms with Crippen molar-refractivity contribution in [3.63, 3.8) is 0 Å². The Morgan fingerprint density at radius 2 is 1.89 bits per heavy atom. The van der Waals surface area contributed by atoms with Gasteiger partial charge in [-0.05, 0) is 13.1 Å². The molecule has 0 aromatic heterocycles. The van der Waals surface area contributed by atoms with Crippen LogP contribution in [0.5, 0.6) is 0 Å². The van der Waals surface area contributed by atoms with Gasteiger partial charge in [-0.2, -0.15) is 0 Å². The van der Waals surface area contributed by atoms with Crippen LogP contribution in [0, 0.1) is 15.0 Å². The van der Waals surface area contributed by atoms with Crippen molar-refractivity contribution in [3.05, 3.63) is 62.4 Å². The van der Waals surface area contributed by atoms with E-state index in [9.17, 15) is 0 Å². The topological polar surface area (TPSA) is 187 Å². The van der Waals surface area contributed by atoms with Crippen molar-refractivity contribution < 1.29 is 65.4 Å². The largest absolute Gasteiger partial charge is 2.00 e. The second kappa shape index (κ2) is 20.5. The van der Waals surface area contributed by atoms with Crippen LogP contribution < -0.4 is 0 Å². The summed E-state index contributed by atoms with van der Waals surface area (Å²) in [6.45, 7) is 6.42. The van der Waals surface area contributed by atoms with Crippen LogP contribution >= 0.6 is 0 Å². The number of piperidine rings is 1. The average molecular weight is 489 g/mol. The van der Waals surface area contributed by atoms with E-state index in [1.165, 1.54) is 12.8 Å². The van der Waals surface area contributed by atoms with Gasteiger partial charge in [0.15, 0.2) is 0 Å². The standard InChI is InChI=1S/C13H19N3.2Cu.H2NO3.HNO3.H2O/c1-2-11-16(12-7-3-5-9-14-12)13-8-4-6-10-15-13;;;2*2-1(3)4;/h2-3,5,7,13H,1,4,6,8-11H2;;;(H2,2,3,4);(H,2,3,4);1H2/q-2;;+2;+1;;. The van der Waals surface area contributed by atoms with E-state index in [-0.39, 0.29) is 39.6 Å². The Balaban J connectivity index is -0.000000208. The molecule has 27 heavy (non-hydrogen) atoms. The van der Waals surface area contributed by atoms with Crippen LogP contribution in [0.1, 0.15) is 19.3 Å². The molecular weight excluding hydrogens is 465 g/mol. The molecule has 0 amide bonds. The maximum atomic E-state index is 8.47. The molecule has 164 valence electrons. The fourth-order valence-corrected chi connectivity index (χ4v) is 2.13. The molecule has 0 aliphatic carbocycles. The average Bonchev–Trinajstić information content (AvgIpc) is 2.53. The van der Waals surface area contributed by atoms with Crippen molar-refractivity contribution in [2.75, 3.05) is 19.6 Å². The number of hydrogen-bond donors (Lipinski definition) is 3. The molecule has 1 atom stereocenters. The van der Waals surface area contributed by atoms with E-state index in [1.807, 2.05) is 6.08 Å². The summed E-state index contributed by atoms with van der Waals surface area (Å²) < 4.78 is 0. The van der Waals surface area contributed by atoms with E-state index < -0.39 is 10.2 Å². The molecule has 0 bridgehead atoms. The third-order valence-electron chi connectivity index (χ3n) is 2.93. The number of nitrogens with zero attached hydrogens (tertiary/aromatic N) is 5. The Morgan fingerprint density at radius 3 is 2.26 bits per heavy atom. The Labute approximate surface area is 177 Å². The first-order valence-electron chi connectivity index (χ1n) is 7.15. The number of rotatable bonds is 4. The summed E-state index contributed by atoms with van der Waals surface area (Å²) in [4.78, 5) is 19.1. The fourth-order valence-electron chi connectivity index (χ4n) is 2.13. The van der Waals surface area contributed by atoms with E-state index in [0.29, 0.717) is 6.17 Å². The first-order chi connectivity index (χ1) is 11.4. The van der Waals surface area contributed by atoms with Gasteiger partial charge in [-0.15, -0.1) is 29.4 Å². The summed E-state index contributed by atoms with van der Waals surface area (Å²) in [5.74, 6) is 1.05. The summed E-state index contributed by atoms with van der Waals surface area (Å²) >= 11 is 0. The van der Waals surface area contributed by atoms with Crippen LogP contribution in [0.3, 0.4) is 0 Å². The molecule has 2 rings (SSSR count). The third-order valence-corrected chi connectivity index (χ3v) is 2.93. The second-order valence-corrected chi connectivity index (χ2v) is 4.61. The summed E-state index contributed by atoms with van der Waals surface area (Å²) in [6, 6.07) is 0. The van der Waals surface area contributed by atoms with E-state index in [4.69, 9.17) is 30.6 Å². The molecule has 0 saturated carbocycles. The van der Waals surface area contributed by atoms with E-state index in [0.717, 1.165) is 31.9 Å². The molecule has 1 fully saturated rings. The zero-order chi connectivity index (χ0) is 18.4. The van der Waals surface area contributed by atoms with Gasteiger partial charge >= 0.3 is 22.2 Å². The minimum absolute atomic E-state index is 0. The molecule has 0 spiro atoms. The SMILES string of the molecule is C=CCN(C1=CC=CC[N-]1)C1CCCC[N-]1.O.O=[N+](O)O.O=[N+]([O-])O.[Cu+2].[Cu]. The summed E-state index contributed by atoms with van der Waals surface area (Å²) in [5.41, 5.74) is 0. The van der Waals surface area contributed by atoms with Crippen LogP contribution in [0.2, 0.25) is 0 Å². The van der Waals surface area contributed by atoms with Crippen LogP contribution in [-0.2, 0) is 34.1 Å². The van der Waals surface area contributed by atoms with E-state index in [2.05, 4.69) is 40.3 Å². The molecule has 0 aromatic rings. The second-order valence-electron chi connectivity index (χ2n) is 4.61. The van der Waals surface area contributed by atoms with Gasteiger partial charge in [0.25, 0.3) is 5.09 Å². The van der Waals surface area contributed by atoms with Crippen LogP contribution in [0.25, 0.3) is 10.6 Å². The Morgan fingerprint density at radius 1 is 1.33 bits per heavy atom. The smallest absolute Gasteiger partial charge is 0.660 e. The predicted octanol–water partition coefficient (Wildman–Crippen LogP) is 1.51. The Hall–Kier alpha value is -1.82. The minimum Gasteiger partial charge on any atom is -0.660 e. The molecule has 2 aliphatic heterocycles. The van der Waals surface area contributed by atoms with Crippen molar-refractivity contribution >= 4 is 0 Å². The molecule has 2 radical (unpaired) electrons. The van der Waals surface area contributed by atoms with Crippen molar-refractivity contribution in [1.29, 1.82) is 0 Å². The van der Waals surface area contributed by atoms with Gasteiger partial charge < -0.3 is 26.2 Å². The fraction of sp³-hybridized carbons (Fsp3) is 0.538. The first kappa shape index (κ1) is 32.8. The predicted molar refractivity (Wildman–Crippen MR) is 87.8 cm³/mol. The van der Waals surface area contributed by atoms with Gasteiger partial charge in [0.2, 0.25) is 0 Å². The molecule has 2 heterocycles. The van der Waals surface area contributed by atoms with Crippen LogP contribution in [0.4, 0.5) is 0 Å². The summed E-state index contributed by atoms with van der Waals surface area (Å²) in [6.07, 6.45) is 12.1. The monoisotopic (exact) mass is 488 g/mol. The Kier molecular flexibility index (Phi) is 24.9. The van der Waals surface area contributed by atoms with E-state index >= 15 is 0 Å². The van der Waals surface area contributed by atoms with Gasteiger partial charge in [0.1, 0.15) is 4.91 Å². The quantitative estimate of drug-likeness (QED) is 0.231. The normalized spacial score (nSPS) is 16.3. The minimum atomic E-state index is -1.50. The molecule has 12 nitrogen and oxygen atoms in total. The Bertz CT molecular complexity index is 454. The summed E-state index contributed by atoms with van der Waals surface area (Å²) in [5, 5.41) is 35.4. The van der Waals surface area contributed by atoms with Crippen molar-refractivity contribution in [2.24, 2.45) is 0 Å². The molecule has 1 saturated heterocycles. The van der Waals surface area contributed by atoms with Gasteiger partial charge in [-0.25, -0.2) is 10.4 Å². The number of hydrogen-bond acceptors (Lipinski definition) is 4. The maximum absolute atomic E-state index is 8.47. The molecule has 1 unspecified atom stereocenters. The molecule has 0 aromatic carbocycles. The maximum Gasteiger partial charge on any atom is 2.00 e. The van der Waals surface area contributed by atoms with Crippen molar-refractivity contribution in [2.45, 2.75) is 25.4 Å². The van der Waals surface area contributed by atoms with Gasteiger partial charge in [-0.3, -0.25) is 0 Å². The van der Waals surface area contributed by atoms with Crippen LogP contribution in [-0.4, -0.2) is 62.0 Å². The van der Waals surface area contributed by atoms with Crippen molar-refractivity contribution in [1.82, 2.24) is 4.90 Å². The van der Waals surface area contributed by atoms with Gasteiger partial charge in [0, 0.05) is 17.1 Å².